The number of aromatic nitrogens is 2. The zero-order valence-electron chi connectivity index (χ0n) is 13.9. The van der Waals surface area contributed by atoms with Gasteiger partial charge in [0.15, 0.2) is 0 Å². The van der Waals surface area contributed by atoms with Gasteiger partial charge >= 0.3 is 0 Å². The van der Waals surface area contributed by atoms with Gasteiger partial charge in [0, 0.05) is 11.5 Å². The van der Waals surface area contributed by atoms with Crippen molar-refractivity contribution in [3.05, 3.63) is 58.9 Å². The molecule has 1 aromatic heterocycles. The molecule has 0 saturated heterocycles. The van der Waals surface area contributed by atoms with Gasteiger partial charge in [0.25, 0.3) is 10.0 Å². The maximum absolute atomic E-state index is 12.8. The number of hydrogen-bond acceptors (Lipinski definition) is 5. The fraction of sp³-hybridized carbons (Fsp3) is 0.222. The first-order valence-corrected chi connectivity index (χ1v) is 10.0. The summed E-state index contributed by atoms with van der Waals surface area (Å²) < 4.78 is 33.5. The van der Waals surface area contributed by atoms with Crippen molar-refractivity contribution in [1.82, 2.24) is 10.1 Å². The van der Waals surface area contributed by atoms with E-state index in [2.05, 4.69) is 14.9 Å². The molecule has 8 heteroatoms. The van der Waals surface area contributed by atoms with Crippen LogP contribution in [-0.2, 0) is 10.0 Å². The molecule has 0 unspecified atom stereocenters. The first-order valence-electron chi connectivity index (χ1n) is 8.16. The normalized spacial score (nSPS) is 14.4. The number of anilines is 1. The Labute approximate surface area is 156 Å². The number of nitrogens with zero attached hydrogens (tertiary/aromatic N) is 2. The Kier molecular flexibility index (Phi) is 4.20. The van der Waals surface area contributed by atoms with Gasteiger partial charge in [-0.15, -0.1) is 0 Å². The van der Waals surface area contributed by atoms with Gasteiger partial charge in [-0.2, -0.15) is 4.98 Å². The van der Waals surface area contributed by atoms with E-state index in [0.29, 0.717) is 39.5 Å². The number of aryl methyl sites for hydroxylation is 1. The van der Waals surface area contributed by atoms with Crippen LogP contribution in [0.5, 0.6) is 0 Å². The van der Waals surface area contributed by atoms with E-state index in [0.717, 1.165) is 12.8 Å². The van der Waals surface area contributed by atoms with E-state index in [1.54, 1.807) is 49.4 Å². The Bertz CT molecular complexity index is 1070. The predicted octanol–water partition coefficient (Wildman–Crippen LogP) is 4.38. The lowest BCUT2D eigenvalue weighted by Crippen LogP contribution is -2.14. The van der Waals surface area contributed by atoms with Gasteiger partial charge in [-0.25, -0.2) is 8.42 Å². The van der Waals surface area contributed by atoms with Gasteiger partial charge in [0.2, 0.25) is 11.7 Å². The largest absolute Gasteiger partial charge is 0.339 e. The molecule has 1 N–H and O–H groups in total. The molecule has 6 nitrogen and oxygen atoms in total. The van der Waals surface area contributed by atoms with Crippen LogP contribution in [0, 0.1) is 6.92 Å². The van der Waals surface area contributed by atoms with Crippen LogP contribution >= 0.6 is 11.6 Å². The van der Waals surface area contributed by atoms with Crippen LogP contribution < -0.4 is 4.72 Å². The molecule has 1 saturated carbocycles. The third-order valence-corrected chi connectivity index (χ3v) is 6.06. The summed E-state index contributed by atoms with van der Waals surface area (Å²) in [5.74, 6) is 1.34. The third kappa shape index (κ3) is 3.32. The molecule has 1 fully saturated rings. The lowest BCUT2D eigenvalue weighted by atomic mass is 10.1. The van der Waals surface area contributed by atoms with E-state index >= 15 is 0 Å². The molecule has 2 aromatic carbocycles. The van der Waals surface area contributed by atoms with Crippen LogP contribution in [0.15, 0.2) is 51.9 Å². The van der Waals surface area contributed by atoms with Crippen molar-refractivity contribution in [3.8, 4) is 11.4 Å². The Morgan fingerprint density at radius 2 is 1.96 bits per heavy atom. The van der Waals surface area contributed by atoms with E-state index in [1.807, 2.05) is 0 Å². The molecule has 1 aliphatic rings. The number of para-hydroxylation sites is 1. The first kappa shape index (κ1) is 17.1. The van der Waals surface area contributed by atoms with Crippen molar-refractivity contribution in [3.63, 3.8) is 0 Å². The van der Waals surface area contributed by atoms with Crippen molar-refractivity contribution >= 4 is 27.3 Å². The average Bonchev–Trinajstić information content (AvgIpc) is 3.34. The number of hydrogen-bond donors (Lipinski definition) is 1. The summed E-state index contributed by atoms with van der Waals surface area (Å²) in [7, 11) is -3.81. The van der Waals surface area contributed by atoms with E-state index < -0.39 is 10.0 Å². The van der Waals surface area contributed by atoms with Gasteiger partial charge in [-0.3, -0.25) is 4.72 Å². The zero-order valence-corrected chi connectivity index (χ0v) is 15.5. The Morgan fingerprint density at radius 1 is 1.19 bits per heavy atom. The Morgan fingerprint density at radius 3 is 2.69 bits per heavy atom. The minimum Gasteiger partial charge on any atom is -0.339 e. The fourth-order valence-electron chi connectivity index (χ4n) is 2.62. The second-order valence-electron chi connectivity index (χ2n) is 6.30. The number of halogens is 1. The molecule has 4 rings (SSSR count). The van der Waals surface area contributed by atoms with Gasteiger partial charge in [-0.05, 0) is 43.5 Å². The monoisotopic (exact) mass is 389 g/mol. The summed E-state index contributed by atoms with van der Waals surface area (Å²) in [4.78, 5) is 4.53. The molecule has 26 heavy (non-hydrogen) atoms. The molecule has 0 amide bonds. The Balaban J connectivity index is 1.69. The number of benzene rings is 2. The van der Waals surface area contributed by atoms with Gasteiger partial charge < -0.3 is 4.52 Å². The van der Waals surface area contributed by atoms with Gasteiger partial charge in [-0.1, -0.05) is 41.0 Å². The second-order valence-corrected chi connectivity index (χ2v) is 8.35. The number of sulfonamides is 1. The van der Waals surface area contributed by atoms with Crippen molar-refractivity contribution < 1.29 is 12.9 Å². The molecule has 134 valence electrons. The first-order chi connectivity index (χ1) is 12.4. The number of rotatable bonds is 5. The highest BCUT2D eigenvalue weighted by Crippen LogP contribution is 2.39. The van der Waals surface area contributed by atoms with E-state index in [-0.39, 0.29) is 4.90 Å². The maximum Gasteiger partial charge on any atom is 0.262 e. The van der Waals surface area contributed by atoms with Gasteiger partial charge in [0.05, 0.1) is 15.6 Å². The summed E-state index contributed by atoms with van der Waals surface area (Å²) in [6.45, 7) is 1.73. The molecular weight excluding hydrogens is 374 g/mol. The maximum atomic E-state index is 12.8. The fourth-order valence-corrected chi connectivity index (χ4v) is 4.21. The molecule has 1 aliphatic carbocycles. The molecule has 1 heterocycles. The minimum atomic E-state index is -3.81. The molecule has 0 radical (unpaired) electrons. The average molecular weight is 390 g/mol. The van der Waals surface area contributed by atoms with Crippen LogP contribution in [0.3, 0.4) is 0 Å². The van der Waals surface area contributed by atoms with Crippen LogP contribution in [0.1, 0.15) is 30.2 Å². The SMILES string of the molecule is Cc1ccc(-c2noc(C3CC3)n2)cc1S(=O)(=O)Nc1ccccc1Cl. The highest BCUT2D eigenvalue weighted by atomic mass is 35.5. The van der Waals surface area contributed by atoms with Crippen LogP contribution in [0.25, 0.3) is 11.4 Å². The van der Waals surface area contributed by atoms with Crippen molar-refractivity contribution in [2.75, 3.05) is 4.72 Å². The summed E-state index contributed by atoms with van der Waals surface area (Å²) in [5.41, 5.74) is 1.53. The van der Waals surface area contributed by atoms with E-state index in [4.69, 9.17) is 16.1 Å². The van der Waals surface area contributed by atoms with Crippen molar-refractivity contribution in [2.45, 2.75) is 30.6 Å². The molecular formula is C18H16ClN3O3S. The lowest BCUT2D eigenvalue weighted by molar-refractivity contribution is 0.380. The quantitative estimate of drug-likeness (QED) is 0.700. The van der Waals surface area contributed by atoms with Crippen LogP contribution in [-0.4, -0.2) is 18.6 Å². The summed E-state index contributed by atoms with van der Waals surface area (Å²) in [6.07, 6.45) is 2.10. The zero-order chi connectivity index (χ0) is 18.3. The highest BCUT2D eigenvalue weighted by Gasteiger charge is 2.30. The molecule has 3 aromatic rings. The van der Waals surface area contributed by atoms with Crippen LogP contribution in [0.4, 0.5) is 5.69 Å². The van der Waals surface area contributed by atoms with Crippen molar-refractivity contribution in [1.29, 1.82) is 0 Å². The summed E-state index contributed by atoms with van der Waals surface area (Å²) in [6, 6.07) is 11.7. The van der Waals surface area contributed by atoms with Crippen LogP contribution in [0.2, 0.25) is 5.02 Å². The summed E-state index contributed by atoms with van der Waals surface area (Å²) >= 11 is 6.06. The molecule has 0 aliphatic heterocycles. The Hall–Kier alpha value is -2.38. The van der Waals surface area contributed by atoms with Crippen molar-refractivity contribution in [2.24, 2.45) is 0 Å². The predicted molar refractivity (Wildman–Crippen MR) is 98.7 cm³/mol. The highest BCUT2D eigenvalue weighted by molar-refractivity contribution is 7.92. The van der Waals surface area contributed by atoms with E-state index in [1.165, 1.54) is 0 Å². The smallest absolute Gasteiger partial charge is 0.262 e. The lowest BCUT2D eigenvalue weighted by Gasteiger charge is -2.12. The summed E-state index contributed by atoms with van der Waals surface area (Å²) in [5, 5.41) is 4.31. The van der Waals surface area contributed by atoms with E-state index in [9.17, 15) is 8.42 Å². The standard InChI is InChI=1S/C18H16ClN3O3S/c1-11-6-7-13(17-20-18(25-21-17)12-8-9-12)10-16(11)26(23,24)22-15-5-3-2-4-14(15)19/h2-7,10,12,22H,8-9H2,1H3. The second kappa shape index (κ2) is 6.41. The minimum absolute atomic E-state index is 0.146. The molecule has 0 bridgehead atoms. The molecule has 0 spiro atoms. The topological polar surface area (TPSA) is 85.1 Å². The third-order valence-electron chi connectivity index (χ3n) is 4.22. The molecule has 0 atom stereocenters. The van der Waals surface area contributed by atoms with Gasteiger partial charge in [0.1, 0.15) is 0 Å². The number of nitrogens with one attached hydrogen (secondary N) is 1.